The Morgan fingerprint density at radius 1 is 1.33 bits per heavy atom. The minimum absolute atomic E-state index is 0.0445. The Kier molecular flexibility index (Phi) is 5.99. The van der Waals surface area contributed by atoms with Gasteiger partial charge in [-0.2, -0.15) is 9.40 Å². The van der Waals surface area contributed by atoms with E-state index in [1.54, 1.807) is 11.6 Å². The van der Waals surface area contributed by atoms with Gasteiger partial charge in [-0.1, -0.05) is 18.0 Å². The fourth-order valence-electron chi connectivity index (χ4n) is 2.89. The molecule has 2 heterocycles. The second-order valence-corrected chi connectivity index (χ2v) is 9.00. The number of amides is 1. The van der Waals surface area contributed by atoms with Crippen LogP contribution in [0.15, 0.2) is 23.1 Å². The first-order valence-corrected chi connectivity index (χ1v) is 10.7. The molecule has 1 fully saturated rings. The number of benzene rings is 1. The van der Waals surface area contributed by atoms with Crippen LogP contribution in [-0.2, 0) is 23.6 Å². The molecule has 27 heavy (non-hydrogen) atoms. The molecule has 2 N–H and O–H groups in total. The van der Waals surface area contributed by atoms with E-state index in [0.717, 1.165) is 19.3 Å². The third kappa shape index (κ3) is 4.23. The normalized spacial score (nSPS) is 15.6. The minimum atomic E-state index is -3.73. The molecule has 0 radical (unpaired) electrons. The molecule has 3 rings (SSSR count). The highest BCUT2D eigenvalue weighted by Gasteiger charge is 2.28. The third-order valence-corrected chi connectivity index (χ3v) is 7.25. The Balaban J connectivity index is 1.80. The monoisotopic (exact) mass is 429 g/mol. The van der Waals surface area contributed by atoms with Crippen LogP contribution in [0.3, 0.4) is 0 Å². The Labute approximate surface area is 167 Å². The smallest absolute Gasteiger partial charge is 0.251 e. The average Bonchev–Trinajstić information content (AvgIpc) is 2.99. The predicted octanol–water partition coefficient (Wildman–Crippen LogP) is 2.24. The maximum atomic E-state index is 12.9. The molecule has 2 aromatic rings. The van der Waals surface area contributed by atoms with E-state index in [-0.39, 0.29) is 22.0 Å². The highest BCUT2D eigenvalue weighted by atomic mass is 35.5. The van der Waals surface area contributed by atoms with Crippen molar-refractivity contribution in [3.8, 4) is 0 Å². The number of carbonyl (C=O) groups is 1. The lowest BCUT2D eigenvalue weighted by Crippen LogP contribution is -2.36. The molecule has 1 amide bonds. The fourth-order valence-corrected chi connectivity index (χ4v) is 5.05. The highest BCUT2D eigenvalue weighted by molar-refractivity contribution is 7.89. The summed E-state index contributed by atoms with van der Waals surface area (Å²) in [7, 11) is -2.00. The summed E-state index contributed by atoms with van der Waals surface area (Å²) < 4.78 is 29.3. The molecular weight excluding hydrogens is 410 g/mol. The first-order chi connectivity index (χ1) is 12.8. The minimum Gasteiger partial charge on any atom is -0.345 e. The molecule has 0 saturated carbocycles. The lowest BCUT2D eigenvalue weighted by Gasteiger charge is -2.26. The van der Waals surface area contributed by atoms with E-state index in [0.29, 0.717) is 23.7 Å². The first kappa shape index (κ1) is 20.0. The molecule has 1 saturated heterocycles. The highest BCUT2D eigenvalue weighted by Crippen LogP contribution is 2.27. The largest absolute Gasteiger partial charge is 0.345 e. The molecule has 0 atom stereocenters. The number of nitrogens with zero attached hydrogens (tertiary/aromatic N) is 3. The maximum Gasteiger partial charge on any atom is 0.251 e. The van der Waals surface area contributed by atoms with Crippen LogP contribution in [-0.4, -0.2) is 46.5 Å². The van der Waals surface area contributed by atoms with Crippen molar-refractivity contribution in [2.75, 3.05) is 13.1 Å². The van der Waals surface area contributed by atoms with Crippen LogP contribution in [0.4, 0.5) is 0 Å². The number of sulfonamides is 1. The summed E-state index contributed by atoms with van der Waals surface area (Å²) in [5.74, 6) is 0.138. The van der Waals surface area contributed by atoms with E-state index in [9.17, 15) is 13.2 Å². The van der Waals surface area contributed by atoms with Crippen LogP contribution in [0.2, 0.25) is 5.02 Å². The van der Waals surface area contributed by atoms with E-state index >= 15 is 0 Å². The van der Waals surface area contributed by atoms with E-state index < -0.39 is 15.9 Å². The van der Waals surface area contributed by atoms with Gasteiger partial charge in [-0.3, -0.25) is 9.89 Å². The summed E-state index contributed by atoms with van der Waals surface area (Å²) in [4.78, 5) is 12.4. The summed E-state index contributed by atoms with van der Waals surface area (Å²) in [5, 5.41) is 9.47. The quantitative estimate of drug-likeness (QED) is 0.710. The van der Waals surface area contributed by atoms with Crippen molar-refractivity contribution in [3.63, 3.8) is 0 Å². The van der Waals surface area contributed by atoms with Gasteiger partial charge in [0.25, 0.3) is 5.91 Å². The molecule has 0 unspecified atom stereocenters. The molecule has 11 heteroatoms. The number of piperidine rings is 1. The second kappa shape index (κ2) is 8.09. The van der Waals surface area contributed by atoms with Crippen molar-refractivity contribution < 1.29 is 13.2 Å². The fraction of sp³-hybridized carbons (Fsp3) is 0.438. The van der Waals surface area contributed by atoms with E-state index in [4.69, 9.17) is 23.8 Å². The van der Waals surface area contributed by atoms with Gasteiger partial charge >= 0.3 is 0 Å². The maximum absolute atomic E-state index is 12.9. The van der Waals surface area contributed by atoms with E-state index in [1.165, 1.54) is 22.5 Å². The summed E-state index contributed by atoms with van der Waals surface area (Å²) in [5.41, 5.74) is 0.215. The van der Waals surface area contributed by atoms with Crippen LogP contribution in [0, 0.1) is 4.77 Å². The van der Waals surface area contributed by atoms with Crippen LogP contribution < -0.4 is 5.32 Å². The average molecular weight is 430 g/mol. The molecule has 1 aromatic heterocycles. The summed E-state index contributed by atoms with van der Waals surface area (Å²) in [6, 6.07) is 4.25. The number of nitrogens with one attached hydrogen (secondary N) is 2. The van der Waals surface area contributed by atoms with Crippen LogP contribution in [0.1, 0.15) is 35.4 Å². The molecule has 1 aromatic carbocycles. The lowest BCUT2D eigenvalue weighted by molar-refractivity contribution is 0.0949. The molecule has 1 aliphatic rings. The summed E-state index contributed by atoms with van der Waals surface area (Å²) >= 11 is 11.2. The standard InChI is InChI=1S/C16H20ClN5O3S2/c1-21-14(19-20-16(21)26)10-18-15(23)11-5-6-12(17)13(9-11)27(24,25)22-7-3-2-4-8-22/h5-6,9H,2-4,7-8,10H2,1H3,(H,18,23)(H,20,26). The van der Waals surface area contributed by atoms with Gasteiger partial charge in [-0.15, -0.1) is 0 Å². The molecule has 0 bridgehead atoms. The van der Waals surface area contributed by atoms with Gasteiger partial charge in [0.2, 0.25) is 10.0 Å². The zero-order valence-electron chi connectivity index (χ0n) is 14.7. The number of halogens is 1. The van der Waals surface area contributed by atoms with Crippen molar-refractivity contribution in [1.82, 2.24) is 24.4 Å². The van der Waals surface area contributed by atoms with Crippen molar-refractivity contribution >= 4 is 39.7 Å². The molecule has 1 aliphatic heterocycles. The third-order valence-electron chi connectivity index (χ3n) is 4.51. The summed E-state index contributed by atoms with van der Waals surface area (Å²) in [6.07, 6.45) is 2.66. The van der Waals surface area contributed by atoms with Gasteiger partial charge in [0.1, 0.15) is 4.90 Å². The van der Waals surface area contributed by atoms with Crippen molar-refractivity contribution in [1.29, 1.82) is 0 Å². The number of hydrogen-bond donors (Lipinski definition) is 2. The predicted molar refractivity (Wildman–Crippen MR) is 104 cm³/mol. The van der Waals surface area contributed by atoms with E-state index in [1.807, 2.05) is 0 Å². The van der Waals surface area contributed by atoms with Gasteiger partial charge in [0, 0.05) is 25.7 Å². The number of aromatic nitrogens is 3. The SMILES string of the molecule is Cn1c(CNC(=O)c2ccc(Cl)c(S(=O)(=O)N3CCCCC3)c2)n[nH]c1=S. The van der Waals surface area contributed by atoms with Crippen molar-refractivity contribution in [2.24, 2.45) is 7.05 Å². The van der Waals surface area contributed by atoms with Gasteiger partial charge in [0.15, 0.2) is 10.6 Å². The van der Waals surface area contributed by atoms with Crippen molar-refractivity contribution in [2.45, 2.75) is 30.7 Å². The lowest BCUT2D eigenvalue weighted by atomic mass is 10.2. The van der Waals surface area contributed by atoms with Crippen LogP contribution >= 0.6 is 23.8 Å². The number of carbonyl (C=O) groups excluding carboxylic acids is 1. The Morgan fingerprint density at radius 3 is 2.67 bits per heavy atom. The van der Waals surface area contributed by atoms with Gasteiger partial charge in [0.05, 0.1) is 11.6 Å². The summed E-state index contributed by atoms with van der Waals surface area (Å²) in [6.45, 7) is 1.08. The Hall–Kier alpha value is -1.75. The number of aromatic amines is 1. The molecule has 0 aliphatic carbocycles. The Morgan fingerprint density at radius 2 is 2.04 bits per heavy atom. The molecule has 0 spiro atoms. The van der Waals surface area contributed by atoms with E-state index in [2.05, 4.69) is 15.5 Å². The van der Waals surface area contributed by atoms with Gasteiger partial charge in [-0.05, 0) is 43.3 Å². The van der Waals surface area contributed by atoms with Gasteiger partial charge < -0.3 is 9.88 Å². The number of hydrogen-bond acceptors (Lipinski definition) is 5. The van der Waals surface area contributed by atoms with Crippen LogP contribution in [0.25, 0.3) is 0 Å². The Bertz CT molecular complexity index is 1010. The van der Waals surface area contributed by atoms with Crippen molar-refractivity contribution in [3.05, 3.63) is 39.4 Å². The first-order valence-electron chi connectivity index (χ1n) is 8.49. The van der Waals surface area contributed by atoms with Crippen LogP contribution in [0.5, 0.6) is 0 Å². The number of rotatable bonds is 5. The molecular formula is C16H20ClN5O3S2. The number of H-pyrrole nitrogens is 1. The zero-order valence-corrected chi connectivity index (χ0v) is 17.1. The molecule has 8 nitrogen and oxygen atoms in total. The molecule has 146 valence electrons. The topological polar surface area (TPSA) is 100 Å². The second-order valence-electron chi connectivity index (χ2n) is 6.30. The zero-order chi connectivity index (χ0) is 19.6. The van der Waals surface area contributed by atoms with Gasteiger partial charge in [-0.25, -0.2) is 8.42 Å².